The number of aliphatic carboxylic acids is 1. The van der Waals surface area contributed by atoms with Crippen LogP contribution in [-0.4, -0.2) is 69.6 Å². The predicted molar refractivity (Wildman–Crippen MR) is 113 cm³/mol. The number of rotatable bonds is 23. The molecule has 8 heteroatoms. The third kappa shape index (κ3) is 21.5. The van der Waals surface area contributed by atoms with Crippen molar-refractivity contribution in [1.82, 2.24) is 0 Å². The van der Waals surface area contributed by atoms with E-state index in [9.17, 15) is 9.59 Å². The molecule has 1 N–H and O–H groups in total. The molecule has 0 saturated heterocycles. The minimum absolute atomic E-state index is 0.0512. The van der Waals surface area contributed by atoms with Crippen molar-refractivity contribution >= 4 is 11.9 Å². The molecule has 8 nitrogen and oxygen atoms in total. The summed E-state index contributed by atoms with van der Waals surface area (Å²) in [5.74, 6) is -1.01. The molecule has 0 aromatic rings. The van der Waals surface area contributed by atoms with E-state index in [1.54, 1.807) is 0 Å². The molecular formula is C22H42O8. The maximum absolute atomic E-state index is 11.9. The monoisotopic (exact) mass is 434 g/mol. The largest absolute Gasteiger partial charge is 0.481 e. The van der Waals surface area contributed by atoms with E-state index < -0.39 is 12.3 Å². The van der Waals surface area contributed by atoms with E-state index >= 15 is 0 Å². The van der Waals surface area contributed by atoms with Crippen LogP contribution in [0.5, 0.6) is 0 Å². The van der Waals surface area contributed by atoms with Gasteiger partial charge < -0.3 is 28.8 Å². The average Bonchev–Trinajstić information content (AvgIpc) is 2.72. The van der Waals surface area contributed by atoms with Gasteiger partial charge >= 0.3 is 11.9 Å². The molecular weight excluding hydrogens is 392 g/mol. The van der Waals surface area contributed by atoms with Crippen molar-refractivity contribution in [3.8, 4) is 0 Å². The predicted octanol–water partition coefficient (Wildman–Crippen LogP) is 3.95. The summed E-state index contributed by atoms with van der Waals surface area (Å²) in [6.45, 7) is 7.21. The highest BCUT2D eigenvalue weighted by atomic mass is 16.7. The van der Waals surface area contributed by atoms with E-state index in [-0.39, 0.29) is 19.0 Å². The van der Waals surface area contributed by atoms with Crippen molar-refractivity contribution in [2.75, 3.05) is 46.2 Å². The second-order valence-electron chi connectivity index (χ2n) is 7.09. The molecule has 0 aliphatic heterocycles. The first-order valence-electron chi connectivity index (χ1n) is 11.4. The van der Waals surface area contributed by atoms with Gasteiger partial charge in [-0.2, -0.15) is 0 Å². The summed E-state index contributed by atoms with van der Waals surface area (Å²) in [4.78, 5) is 22.4. The highest BCUT2D eigenvalue weighted by Crippen LogP contribution is 2.09. The van der Waals surface area contributed by atoms with E-state index in [1.165, 1.54) is 0 Å². The van der Waals surface area contributed by atoms with Gasteiger partial charge in [-0.15, -0.1) is 0 Å². The minimum atomic E-state index is -0.744. The fourth-order valence-electron chi connectivity index (χ4n) is 2.60. The van der Waals surface area contributed by atoms with Crippen LogP contribution in [0, 0.1) is 0 Å². The van der Waals surface area contributed by atoms with Crippen molar-refractivity contribution in [3.63, 3.8) is 0 Å². The first-order chi connectivity index (χ1) is 14.6. The van der Waals surface area contributed by atoms with Crippen LogP contribution in [0.25, 0.3) is 0 Å². The van der Waals surface area contributed by atoms with Gasteiger partial charge in [0.1, 0.15) is 6.61 Å². The number of esters is 1. The molecule has 0 aromatic heterocycles. The third-order valence-corrected chi connectivity index (χ3v) is 4.16. The summed E-state index contributed by atoms with van der Waals surface area (Å²) in [6, 6.07) is 0. The zero-order valence-electron chi connectivity index (χ0n) is 18.9. The molecule has 0 amide bonds. The quantitative estimate of drug-likeness (QED) is 0.147. The molecule has 0 radical (unpaired) electrons. The molecule has 0 unspecified atom stereocenters. The van der Waals surface area contributed by atoms with E-state index in [0.717, 1.165) is 44.9 Å². The molecule has 0 aromatic carbocycles. The van der Waals surface area contributed by atoms with E-state index in [2.05, 4.69) is 0 Å². The van der Waals surface area contributed by atoms with Crippen LogP contribution >= 0.6 is 0 Å². The van der Waals surface area contributed by atoms with Crippen LogP contribution in [0.15, 0.2) is 0 Å². The molecule has 0 aliphatic rings. The lowest BCUT2D eigenvalue weighted by Gasteiger charge is -2.19. The van der Waals surface area contributed by atoms with Crippen molar-refractivity contribution in [2.24, 2.45) is 0 Å². The van der Waals surface area contributed by atoms with Crippen LogP contribution in [0.1, 0.15) is 78.1 Å². The molecule has 0 atom stereocenters. The Morgan fingerprint density at radius 2 is 1.20 bits per heavy atom. The first-order valence-corrected chi connectivity index (χ1v) is 11.4. The summed E-state index contributed by atoms with van der Waals surface area (Å²) in [6.07, 6.45) is 7.19. The van der Waals surface area contributed by atoms with Crippen LogP contribution in [0.4, 0.5) is 0 Å². The number of hydrogen-bond donors (Lipinski definition) is 1. The molecule has 0 heterocycles. The van der Waals surface area contributed by atoms with Crippen LogP contribution in [0.2, 0.25) is 0 Å². The maximum Gasteiger partial charge on any atom is 0.305 e. The number of carboxylic acid groups (broad SMARTS) is 1. The second-order valence-corrected chi connectivity index (χ2v) is 7.09. The van der Waals surface area contributed by atoms with Crippen LogP contribution in [0.3, 0.4) is 0 Å². The number of unbranched alkanes of at least 4 members (excludes halogenated alkanes) is 5. The molecule has 30 heavy (non-hydrogen) atoms. The lowest BCUT2D eigenvalue weighted by atomic mass is 10.1. The highest BCUT2D eigenvalue weighted by Gasteiger charge is 2.13. The van der Waals surface area contributed by atoms with Crippen molar-refractivity contribution < 1.29 is 38.4 Å². The zero-order chi connectivity index (χ0) is 22.3. The average molecular weight is 435 g/mol. The minimum Gasteiger partial charge on any atom is -0.481 e. The van der Waals surface area contributed by atoms with Gasteiger partial charge in [0, 0.05) is 26.1 Å². The number of hydrogen-bond acceptors (Lipinski definition) is 7. The second kappa shape index (κ2) is 22.5. The Balaban J connectivity index is 3.87. The van der Waals surface area contributed by atoms with Crippen molar-refractivity contribution in [1.29, 1.82) is 0 Å². The lowest BCUT2D eigenvalue weighted by Crippen LogP contribution is -2.28. The summed E-state index contributed by atoms with van der Waals surface area (Å²) >= 11 is 0. The molecule has 0 spiro atoms. The van der Waals surface area contributed by atoms with Crippen LogP contribution in [-0.2, 0) is 33.3 Å². The fourth-order valence-corrected chi connectivity index (χ4v) is 2.60. The lowest BCUT2D eigenvalue weighted by molar-refractivity contribution is -0.190. The number of carboxylic acids is 1. The van der Waals surface area contributed by atoms with Gasteiger partial charge in [0.2, 0.25) is 0 Å². The Bertz CT molecular complexity index is 389. The van der Waals surface area contributed by atoms with Crippen molar-refractivity contribution in [2.45, 2.75) is 84.3 Å². The van der Waals surface area contributed by atoms with Crippen molar-refractivity contribution in [3.05, 3.63) is 0 Å². The Morgan fingerprint density at radius 1 is 0.700 bits per heavy atom. The normalized spacial score (nSPS) is 11.2. The van der Waals surface area contributed by atoms with Gasteiger partial charge in [-0.3, -0.25) is 9.59 Å². The number of carbonyl (C=O) groups excluding carboxylic acids is 1. The van der Waals surface area contributed by atoms with Gasteiger partial charge in [-0.25, -0.2) is 0 Å². The molecule has 0 fully saturated rings. The van der Waals surface area contributed by atoms with Gasteiger partial charge in [-0.05, 0) is 25.7 Å². The Kier molecular flexibility index (Phi) is 21.6. The summed E-state index contributed by atoms with van der Waals surface area (Å²) in [5, 5.41) is 8.59. The SMILES string of the molecule is CCCOCCOC(COC(=O)CCCCCCCCC(=O)O)OCCOCCC. The Morgan fingerprint density at radius 3 is 1.70 bits per heavy atom. The smallest absolute Gasteiger partial charge is 0.305 e. The molecule has 0 rings (SSSR count). The highest BCUT2D eigenvalue weighted by molar-refractivity contribution is 5.69. The Hall–Kier alpha value is -1.22. The topological polar surface area (TPSA) is 101 Å². The van der Waals surface area contributed by atoms with Gasteiger partial charge in [0.25, 0.3) is 0 Å². The third-order valence-electron chi connectivity index (χ3n) is 4.16. The molecule has 0 bridgehead atoms. The van der Waals surface area contributed by atoms with Gasteiger partial charge in [0.15, 0.2) is 6.29 Å². The first kappa shape index (κ1) is 28.8. The summed E-state index contributed by atoms with van der Waals surface area (Å²) < 4.78 is 27.3. The fraction of sp³-hybridized carbons (Fsp3) is 0.909. The van der Waals surface area contributed by atoms with E-state index in [0.29, 0.717) is 52.5 Å². The molecule has 0 aliphatic carbocycles. The van der Waals surface area contributed by atoms with Gasteiger partial charge in [-0.1, -0.05) is 39.5 Å². The van der Waals surface area contributed by atoms with E-state index in [4.69, 9.17) is 28.8 Å². The number of carbonyl (C=O) groups is 2. The summed E-state index contributed by atoms with van der Waals surface area (Å²) in [5.41, 5.74) is 0. The molecule has 0 saturated carbocycles. The number of ether oxygens (including phenoxy) is 5. The molecule has 178 valence electrons. The standard InChI is InChI=1S/C22H42O8/c1-3-13-26-15-17-28-22(29-18-16-27-14-4-2)19-30-21(25)12-10-8-6-5-7-9-11-20(23)24/h22H,3-19H2,1-2H3,(H,23,24). The summed E-state index contributed by atoms with van der Waals surface area (Å²) in [7, 11) is 0. The maximum atomic E-state index is 11.9. The van der Waals surface area contributed by atoms with Crippen LogP contribution < -0.4 is 0 Å². The van der Waals surface area contributed by atoms with Gasteiger partial charge in [0.05, 0.1) is 26.4 Å². The van der Waals surface area contributed by atoms with E-state index in [1.807, 2.05) is 13.8 Å². The zero-order valence-corrected chi connectivity index (χ0v) is 18.9. The Labute approximate surface area is 181 Å².